The lowest BCUT2D eigenvalue weighted by Gasteiger charge is -2.24. The van der Waals surface area contributed by atoms with Gasteiger partial charge in [0.2, 0.25) is 0 Å². The van der Waals surface area contributed by atoms with Crippen LogP contribution in [0.2, 0.25) is 5.15 Å². The first kappa shape index (κ1) is 12.8. The molecule has 0 unspecified atom stereocenters. The van der Waals surface area contributed by atoms with E-state index in [-0.39, 0.29) is 5.41 Å². The Hall–Kier alpha value is -1.27. The molecule has 0 aliphatic rings. The number of nitrogens with zero attached hydrogens (tertiary/aromatic N) is 2. The number of aromatic nitrogens is 1. The van der Waals surface area contributed by atoms with Gasteiger partial charge in [0.25, 0.3) is 0 Å². The number of nitriles is 1. The van der Waals surface area contributed by atoms with Crippen LogP contribution in [-0.2, 0) is 0 Å². The lowest BCUT2D eigenvalue weighted by Crippen LogP contribution is -2.22. The smallest absolute Gasteiger partial charge is 0.131 e. The average molecular weight is 238 g/mol. The van der Waals surface area contributed by atoms with Gasteiger partial charge in [0.05, 0.1) is 6.07 Å². The predicted molar refractivity (Wildman–Crippen MR) is 66.4 cm³/mol. The Morgan fingerprint density at radius 2 is 2.31 bits per heavy atom. The lowest BCUT2D eigenvalue weighted by molar-refractivity contribution is 0.364. The van der Waals surface area contributed by atoms with Crippen molar-refractivity contribution in [3.63, 3.8) is 0 Å². The molecule has 1 aromatic heterocycles. The van der Waals surface area contributed by atoms with E-state index in [0.717, 1.165) is 18.7 Å². The molecule has 0 spiro atoms. The lowest BCUT2D eigenvalue weighted by atomic mass is 9.88. The third kappa shape index (κ3) is 4.50. The molecule has 86 valence electrons. The van der Waals surface area contributed by atoms with Crippen molar-refractivity contribution in [2.75, 3.05) is 11.9 Å². The summed E-state index contributed by atoms with van der Waals surface area (Å²) in [4.78, 5) is 3.92. The second-order valence-electron chi connectivity index (χ2n) is 4.54. The van der Waals surface area contributed by atoms with Gasteiger partial charge in [-0.15, -0.1) is 0 Å². The van der Waals surface area contributed by atoms with E-state index < -0.39 is 0 Å². The summed E-state index contributed by atoms with van der Waals surface area (Å²) in [6.07, 6.45) is 3.15. The monoisotopic (exact) mass is 237 g/mol. The summed E-state index contributed by atoms with van der Waals surface area (Å²) in [5.74, 6) is 0. The van der Waals surface area contributed by atoms with E-state index in [9.17, 15) is 0 Å². The van der Waals surface area contributed by atoms with Crippen LogP contribution >= 0.6 is 11.6 Å². The molecule has 4 heteroatoms. The van der Waals surface area contributed by atoms with Gasteiger partial charge in [-0.25, -0.2) is 4.98 Å². The first-order valence-electron chi connectivity index (χ1n) is 5.26. The molecule has 0 radical (unpaired) electrons. The van der Waals surface area contributed by atoms with E-state index >= 15 is 0 Å². The number of anilines is 1. The van der Waals surface area contributed by atoms with Crippen molar-refractivity contribution in [1.82, 2.24) is 4.98 Å². The summed E-state index contributed by atoms with van der Waals surface area (Å²) in [6.45, 7) is 5.09. The molecule has 0 aliphatic carbocycles. The van der Waals surface area contributed by atoms with Gasteiger partial charge in [-0.05, 0) is 24.0 Å². The van der Waals surface area contributed by atoms with Crippen LogP contribution in [0.5, 0.6) is 0 Å². The standard InChI is InChI=1S/C12H16ClN3/c1-12(2,5-3-6-14)9-16-10-4-7-15-11(13)8-10/h4,7-8H,3,5,9H2,1-2H3,(H,15,16). The summed E-state index contributed by atoms with van der Waals surface area (Å²) >= 11 is 5.78. The first-order chi connectivity index (χ1) is 7.53. The molecule has 0 saturated carbocycles. The molecule has 0 amide bonds. The molecule has 1 N–H and O–H groups in total. The van der Waals surface area contributed by atoms with E-state index in [1.165, 1.54) is 0 Å². The highest BCUT2D eigenvalue weighted by Crippen LogP contribution is 2.23. The Balaban J connectivity index is 2.48. The van der Waals surface area contributed by atoms with Crippen LogP contribution in [0.3, 0.4) is 0 Å². The Morgan fingerprint density at radius 1 is 1.56 bits per heavy atom. The van der Waals surface area contributed by atoms with Gasteiger partial charge in [-0.2, -0.15) is 5.26 Å². The van der Waals surface area contributed by atoms with Crippen LogP contribution in [0.15, 0.2) is 18.3 Å². The van der Waals surface area contributed by atoms with Crippen LogP contribution in [0, 0.1) is 16.7 Å². The molecule has 0 aromatic carbocycles. The highest BCUT2D eigenvalue weighted by molar-refractivity contribution is 6.29. The number of halogens is 1. The van der Waals surface area contributed by atoms with Crippen molar-refractivity contribution >= 4 is 17.3 Å². The number of rotatable bonds is 5. The maximum absolute atomic E-state index is 8.56. The summed E-state index contributed by atoms with van der Waals surface area (Å²) in [7, 11) is 0. The minimum atomic E-state index is 0.103. The second kappa shape index (κ2) is 5.72. The van der Waals surface area contributed by atoms with E-state index in [2.05, 4.69) is 30.2 Å². The number of pyridine rings is 1. The number of nitrogens with one attached hydrogen (secondary N) is 1. The quantitative estimate of drug-likeness (QED) is 0.798. The highest BCUT2D eigenvalue weighted by atomic mass is 35.5. The zero-order chi connectivity index (χ0) is 12.0. The zero-order valence-corrected chi connectivity index (χ0v) is 10.4. The maximum atomic E-state index is 8.56. The molecule has 16 heavy (non-hydrogen) atoms. The topological polar surface area (TPSA) is 48.7 Å². The van der Waals surface area contributed by atoms with Crippen molar-refractivity contribution in [2.24, 2.45) is 5.41 Å². The van der Waals surface area contributed by atoms with Crippen LogP contribution in [-0.4, -0.2) is 11.5 Å². The SMILES string of the molecule is CC(C)(CCC#N)CNc1ccnc(Cl)c1. The van der Waals surface area contributed by atoms with Crippen molar-refractivity contribution in [3.8, 4) is 6.07 Å². The summed E-state index contributed by atoms with van der Waals surface area (Å²) < 4.78 is 0. The molecule has 1 rings (SSSR count). The van der Waals surface area contributed by atoms with E-state index in [1.807, 2.05) is 6.07 Å². The largest absolute Gasteiger partial charge is 0.384 e. The molecule has 0 fully saturated rings. The molecule has 1 heterocycles. The third-order valence-corrected chi connectivity index (χ3v) is 2.62. The molecular weight excluding hydrogens is 222 g/mol. The van der Waals surface area contributed by atoms with Gasteiger partial charge in [0.15, 0.2) is 0 Å². The van der Waals surface area contributed by atoms with Gasteiger partial charge >= 0.3 is 0 Å². The van der Waals surface area contributed by atoms with Gasteiger partial charge in [-0.3, -0.25) is 0 Å². The molecule has 1 aromatic rings. The van der Waals surface area contributed by atoms with Crippen molar-refractivity contribution in [2.45, 2.75) is 26.7 Å². The van der Waals surface area contributed by atoms with Gasteiger partial charge in [0.1, 0.15) is 5.15 Å². The fraction of sp³-hybridized carbons (Fsp3) is 0.500. The summed E-state index contributed by atoms with van der Waals surface area (Å²) in [5.41, 5.74) is 1.07. The Morgan fingerprint density at radius 3 is 2.94 bits per heavy atom. The summed E-state index contributed by atoms with van der Waals surface area (Å²) in [5, 5.41) is 12.3. The van der Waals surface area contributed by atoms with Crippen molar-refractivity contribution < 1.29 is 0 Å². The highest BCUT2D eigenvalue weighted by Gasteiger charge is 2.16. The van der Waals surface area contributed by atoms with E-state index in [0.29, 0.717) is 11.6 Å². The third-order valence-electron chi connectivity index (χ3n) is 2.41. The van der Waals surface area contributed by atoms with Crippen LogP contribution in [0.1, 0.15) is 26.7 Å². The fourth-order valence-electron chi connectivity index (χ4n) is 1.34. The fourth-order valence-corrected chi connectivity index (χ4v) is 1.51. The predicted octanol–water partition coefficient (Wildman–Crippen LogP) is 3.48. The van der Waals surface area contributed by atoms with Crippen LogP contribution < -0.4 is 5.32 Å². The van der Waals surface area contributed by atoms with Crippen molar-refractivity contribution in [1.29, 1.82) is 5.26 Å². The minimum Gasteiger partial charge on any atom is -0.384 e. The Kier molecular flexibility index (Phi) is 4.57. The number of hydrogen-bond acceptors (Lipinski definition) is 3. The minimum absolute atomic E-state index is 0.103. The normalized spacial score (nSPS) is 10.9. The number of hydrogen-bond donors (Lipinski definition) is 1. The first-order valence-corrected chi connectivity index (χ1v) is 5.64. The van der Waals surface area contributed by atoms with Gasteiger partial charge in [0, 0.05) is 24.8 Å². The Labute approximate surface area is 101 Å². The molecule has 0 aliphatic heterocycles. The van der Waals surface area contributed by atoms with E-state index in [4.69, 9.17) is 16.9 Å². The molecule has 0 bridgehead atoms. The second-order valence-corrected chi connectivity index (χ2v) is 4.93. The zero-order valence-electron chi connectivity index (χ0n) is 9.63. The average Bonchev–Trinajstić information content (AvgIpc) is 2.24. The van der Waals surface area contributed by atoms with Crippen LogP contribution in [0.4, 0.5) is 5.69 Å². The molecule has 3 nitrogen and oxygen atoms in total. The summed E-state index contributed by atoms with van der Waals surface area (Å²) in [6, 6.07) is 5.85. The van der Waals surface area contributed by atoms with Crippen LogP contribution in [0.25, 0.3) is 0 Å². The van der Waals surface area contributed by atoms with Gasteiger partial charge in [-0.1, -0.05) is 25.4 Å². The molecule has 0 atom stereocenters. The maximum Gasteiger partial charge on any atom is 0.131 e. The van der Waals surface area contributed by atoms with Crippen molar-refractivity contribution in [3.05, 3.63) is 23.5 Å². The van der Waals surface area contributed by atoms with Gasteiger partial charge < -0.3 is 5.32 Å². The van der Waals surface area contributed by atoms with E-state index in [1.54, 1.807) is 12.3 Å². The molecular formula is C12H16ClN3. The molecule has 0 saturated heterocycles. The Bertz CT molecular complexity index is 382.